The Morgan fingerprint density at radius 1 is 1.50 bits per heavy atom. The van der Waals surface area contributed by atoms with Crippen LogP contribution in [0.25, 0.3) is 0 Å². The fraction of sp³-hybridized carbons (Fsp3) is 0.200. The van der Waals surface area contributed by atoms with Crippen molar-refractivity contribution in [2.75, 3.05) is 6.54 Å². The lowest BCUT2D eigenvalue weighted by atomic mass is 10.2. The molecule has 0 amide bonds. The quantitative estimate of drug-likeness (QED) is 0.821. The monoisotopic (exact) mass is 350 g/mol. The van der Waals surface area contributed by atoms with Crippen LogP contribution in [-0.2, 0) is 16.8 Å². The molecule has 1 saturated heterocycles. The van der Waals surface area contributed by atoms with Crippen LogP contribution in [0.3, 0.4) is 0 Å². The largest absolute Gasteiger partial charge is 0.302 e. The summed E-state index contributed by atoms with van der Waals surface area (Å²) in [4.78, 5) is 0. The summed E-state index contributed by atoms with van der Waals surface area (Å²) in [6.07, 6.45) is 0. The number of rotatable bonds is 2. The van der Waals surface area contributed by atoms with Crippen LogP contribution in [-0.4, -0.2) is 19.3 Å². The first-order valence-electron chi connectivity index (χ1n) is 4.67. The number of hydrogen-bond acceptors (Lipinski definition) is 2. The molecule has 4 nitrogen and oxygen atoms in total. The Kier molecular flexibility index (Phi) is 3.22. The van der Waals surface area contributed by atoms with Gasteiger partial charge in [0.1, 0.15) is 0 Å². The van der Waals surface area contributed by atoms with Crippen molar-refractivity contribution in [3.8, 4) is 0 Å². The van der Waals surface area contributed by atoms with E-state index < -0.39 is 10.2 Å². The average Bonchev–Trinajstić information content (AvgIpc) is 2.39. The zero-order chi connectivity index (χ0) is 11.8. The first-order chi connectivity index (χ1) is 7.47. The molecule has 1 aromatic rings. The summed E-state index contributed by atoms with van der Waals surface area (Å²) in [5, 5.41) is 0. The third-order valence-electron chi connectivity index (χ3n) is 2.23. The van der Waals surface area contributed by atoms with Crippen molar-refractivity contribution >= 4 is 32.8 Å². The summed E-state index contributed by atoms with van der Waals surface area (Å²) in [5.41, 5.74) is 1.50. The Labute approximate surface area is 109 Å². The van der Waals surface area contributed by atoms with E-state index in [1.54, 1.807) is 0 Å². The second kappa shape index (κ2) is 4.34. The summed E-state index contributed by atoms with van der Waals surface area (Å²) in [6.45, 7) is 4.35. The fourth-order valence-corrected chi connectivity index (χ4v) is 3.37. The maximum Gasteiger partial charge on any atom is 0.302 e. The minimum absolute atomic E-state index is 0.341. The summed E-state index contributed by atoms with van der Waals surface area (Å²) >= 11 is 2.20. The third kappa shape index (κ3) is 2.55. The third-order valence-corrected chi connectivity index (χ3v) is 4.38. The van der Waals surface area contributed by atoms with Gasteiger partial charge in [0.05, 0.1) is 6.54 Å². The van der Waals surface area contributed by atoms with Gasteiger partial charge in [-0.25, -0.2) is 0 Å². The van der Waals surface area contributed by atoms with Crippen LogP contribution in [0.4, 0.5) is 0 Å². The minimum atomic E-state index is -3.37. The smallest absolute Gasteiger partial charge is 0.274 e. The van der Waals surface area contributed by atoms with Crippen LogP contribution < -0.4 is 4.72 Å². The molecule has 0 unspecified atom stereocenters. The highest BCUT2D eigenvalue weighted by molar-refractivity contribution is 14.1. The number of hydrogen-bond donors (Lipinski definition) is 1. The first kappa shape index (κ1) is 11.9. The summed E-state index contributed by atoms with van der Waals surface area (Å²) in [5.74, 6) is 0. The average molecular weight is 350 g/mol. The van der Waals surface area contributed by atoms with E-state index in [1.807, 2.05) is 24.3 Å². The predicted molar refractivity (Wildman–Crippen MR) is 70.8 cm³/mol. The molecule has 1 heterocycles. The molecular formula is C10H11IN2O2S. The van der Waals surface area contributed by atoms with E-state index in [0.717, 1.165) is 9.13 Å². The minimum Gasteiger partial charge on any atom is -0.274 e. The second-order valence-electron chi connectivity index (χ2n) is 3.61. The molecule has 1 aliphatic rings. The summed E-state index contributed by atoms with van der Waals surface area (Å²) in [6, 6.07) is 7.78. The Bertz CT molecular complexity index is 527. The lowest BCUT2D eigenvalue weighted by Crippen LogP contribution is -2.28. The predicted octanol–water partition coefficient (Wildman–Crippen LogP) is 1.45. The van der Waals surface area contributed by atoms with Crippen molar-refractivity contribution < 1.29 is 8.42 Å². The van der Waals surface area contributed by atoms with Crippen molar-refractivity contribution in [2.24, 2.45) is 0 Å². The highest BCUT2D eigenvalue weighted by atomic mass is 127. The van der Waals surface area contributed by atoms with Gasteiger partial charge in [0.2, 0.25) is 0 Å². The van der Waals surface area contributed by atoms with E-state index >= 15 is 0 Å². The molecule has 0 atom stereocenters. The maximum absolute atomic E-state index is 11.6. The molecule has 1 aromatic carbocycles. The van der Waals surface area contributed by atoms with Crippen molar-refractivity contribution in [1.29, 1.82) is 0 Å². The Morgan fingerprint density at radius 3 is 2.81 bits per heavy atom. The second-order valence-corrected chi connectivity index (χ2v) is 6.52. The molecule has 0 saturated carbocycles. The van der Waals surface area contributed by atoms with Crippen LogP contribution in [0, 0.1) is 3.57 Å². The molecular weight excluding hydrogens is 339 g/mol. The van der Waals surface area contributed by atoms with Crippen molar-refractivity contribution in [3.63, 3.8) is 0 Å². The van der Waals surface area contributed by atoms with Gasteiger partial charge in [-0.15, -0.1) is 0 Å². The van der Waals surface area contributed by atoms with Gasteiger partial charge in [-0.2, -0.15) is 12.7 Å². The van der Waals surface area contributed by atoms with Crippen molar-refractivity contribution in [1.82, 2.24) is 9.03 Å². The molecule has 1 aliphatic heterocycles. The van der Waals surface area contributed by atoms with Crippen molar-refractivity contribution in [3.05, 3.63) is 45.7 Å². The summed E-state index contributed by atoms with van der Waals surface area (Å²) in [7, 11) is -3.37. The van der Waals surface area contributed by atoms with Gasteiger partial charge in [0.25, 0.3) is 0 Å². The van der Waals surface area contributed by atoms with Gasteiger partial charge in [-0.3, -0.25) is 4.72 Å². The number of nitrogens with one attached hydrogen (secondary N) is 1. The number of nitrogens with zero attached hydrogens (tertiary/aromatic N) is 1. The van der Waals surface area contributed by atoms with Gasteiger partial charge in [-0.1, -0.05) is 18.7 Å². The molecule has 86 valence electrons. The maximum atomic E-state index is 11.6. The van der Waals surface area contributed by atoms with Crippen LogP contribution >= 0.6 is 22.6 Å². The lowest BCUT2D eigenvalue weighted by Gasteiger charge is -2.12. The van der Waals surface area contributed by atoms with Crippen LogP contribution in [0.2, 0.25) is 0 Å². The molecule has 1 fully saturated rings. The Morgan fingerprint density at radius 2 is 2.25 bits per heavy atom. The molecule has 0 aliphatic carbocycles. The van der Waals surface area contributed by atoms with Gasteiger partial charge >= 0.3 is 10.2 Å². The number of benzene rings is 1. The number of halogens is 1. The molecule has 6 heteroatoms. The molecule has 0 radical (unpaired) electrons. The van der Waals surface area contributed by atoms with E-state index in [4.69, 9.17) is 0 Å². The SMILES string of the molecule is C=C1CN(Cc2cccc(I)c2)S(=O)(=O)N1. The molecule has 2 rings (SSSR count). The van der Waals surface area contributed by atoms with Gasteiger partial charge < -0.3 is 0 Å². The molecule has 0 bridgehead atoms. The highest BCUT2D eigenvalue weighted by Gasteiger charge is 2.29. The first-order valence-corrected chi connectivity index (χ1v) is 7.19. The summed E-state index contributed by atoms with van der Waals surface area (Å²) < 4.78 is 28.1. The zero-order valence-electron chi connectivity index (χ0n) is 8.48. The van der Waals surface area contributed by atoms with E-state index in [2.05, 4.69) is 33.9 Å². The highest BCUT2D eigenvalue weighted by Crippen LogP contribution is 2.17. The van der Waals surface area contributed by atoms with Crippen LogP contribution in [0.1, 0.15) is 5.56 Å². The van der Waals surface area contributed by atoms with E-state index in [9.17, 15) is 8.42 Å². The van der Waals surface area contributed by atoms with Gasteiger partial charge in [-0.05, 0) is 40.3 Å². The van der Waals surface area contributed by atoms with Crippen LogP contribution in [0.5, 0.6) is 0 Å². The normalized spacial score (nSPS) is 19.7. The van der Waals surface area contributed by atoms with E-state index in [0.29, 0.717) is 18.8 Å². The standard InChI is InChI=1S/C10H11IN2O2S/c1-8-6-13(16(14,15)12-8)7-9-3-2-4-10(11)5-9/h2-5,12H,1,6-7H2. The van der Waals surface area contributed by atoms with Gasteiger partial charge in [0.15, 0.2) is 0 Å². The molecule has 0 aromatic heterocycles. The van der Waals surface area contributed by atoms with E-state index in [-0.39, 0.29) is 0 Å². The molecule has 0 spiro atoms. The topological polar surface area (TPSA) is 49.4 Å². The Balaban J connectivity index is 2.20. The van der Waals surface area contributed by atoms with E-state index in [1.165, 1.54) is 4.31 Å². The lowest BCUT2D eigenvalue weighted by molar-refractivity contribution is 0.453. The Hall–Kier alpha value is -0.600. The van der Waals surface area contributed by atoms with Crippen LogP contribution in [0.15, 0.2) is 36.5 Å². The van der Waals surface area contributed by atoms with Crippen molar-refractivity contribution in [2.45, 2.75) is 6.54 Å². The zero-order valence-corrected chi connectivity index (χ0v) is 11.5. The molecule has 16 heavy (non-hydrogen) atoms. The fourth-order valence-electron chi connectivity index (χ4n) is 1.56. The van der Waals surface area contributed by atoms with Gasteiger partial charge in [0, 0.05) is 15.8 Å². The molecule has 1 N–H and O–H groups in total.